The zero-order chi connectivity index (χ0) is 13.8. The van der Waals surface area contributed by atoms with Gasteiger partial charge in [-0.1, -0.05) is 35.7 Å². The summed E-state index contributed by atoms with van der Waals surface area (Å²) >= 11 is 3.48. The van der Waals surface area contributed by atoms with E-state index in [2.05, 4.69) is 23.6 Å². The molecule has 0 saturated heterocycles. The second kappa shape index (κ2) is 6.61. The van der Waals surface area contributed by atoms with Gasteiger partial charge >= 0.3 is 6.61 Å². The maximum atomic E-state index is 12.0. The maximum Gasteiger partial charge on any atom is 0.387 e. The normalized spacial score (nSPS) is 20.5. The van der Waals surface area contributed by atoms with Crippen LogP contribution in [0.5, 0.6) is 5.75 Å². The van der Waals surface area contributed by atoms with E-state index in [1.807, 2.05) is 12.1 Å². The third kappa shape index (κ3) is 4.38. The van der Waals surface area contributed by atoms with E-state index in [0.717, 1.165) is 15.7 Å². The predicted octanol–water partition coefficient (Wildman–Crippen LogP) is 4.57. The van der Waals surface area contributed by atoms with Crippen LogP contribution in [0.25, 0.3) is 0 Å². The van der Waals surface area contributed by atoms with Gasteiger partial charge in [-0.25, -0.2) is 0 Å². The topological polar surface area (TPSA) is 21.6 Å². The Morgan fingerprint density at radius 3 is 2.58 bits per heavy atom. The summed E-state index contributed by atoms with van der Waals surface area (Å²) in [7, 11) is 0. The van der Waals surface area contributed by atoms with Crippen LogP contribution in [0.1, 0.15) is 24.7 Å². The summed E-state index contributed by atoms with van der Waals surface area (Å²) in [5.74, 6) is 1.23. The molecular formula is C13H15F2NOS2. The first kappa shape index (κ1) is 14.7. The van der Waals surface area contributed by atoms with Gasteiger partial charge in [-0.05, 0) is 31.5 Å². The summed E-state index contributed by atoms with van der Waals surface area (Å²) in [5.41, 5.74) is 1.08. The minimum absolute atomic E-state index is 0.192. The van der Waals surface area contributed by atoms with Crippen LogP contribution in [0.4, 0.5) is 8.78 Å². The Bertz CT molecular complexity index is 450. The lowest BCUT2D eigenvalue weighted by molar-refractivity contribution is -0.0498. The van der Waals surface area contributed by atoms with Crippen molar-refractivity contribution < 1.29 is 13.5 Å². The standard InChI is InChI=1S/C13H15F2NOS2/c1-8-7-18-13(16-8)19-9(2)10-3-5-11(6-4-10)17-12(14)15/h3-6,8-9,12H,7H2,1-2H3/t8-,9-/m0/s1. The van der Waals surface area contributed by atoms with Crippen LogP contribution in [0.2, 0.25) is 0 Å². The van der Waals surface area contributed by atoms with Crippen molar-refractivity contribution in [2.24, 2.45) is 4.99 Å². The van der Waals surface area contributed by atoms with Crippen LogP contribution < -0.4 is 4.74 Å². The summed E-state index contributed by atoms with van der Waals surface area (Å²) in [6.07, 6.45) is 0. The van der Waals surface area contributed by atoms with E-state index in [1.54, 1.807) is 35.7 Å². The van der Waals surface area contributed by atoms with Crippen molar-refractivity contribution in [1.82, 2.24) is 0 Å². The molecule has 0 N–H and O–H groups in total. The SMILES string of the molecule is C[C@H](SC1=N[C@@H](C)CS1)c1ccc(OC(F)F)cc1. The molecule has 0 radical (unpaired) electrons. The van der Waals surface area contributed by atoms with E-state index in [-0.39, 0.29) is 11.0 Å². The minimum atomic E-state index is -2.77. The number of halogens is 2. The molecule has 2 rings (SSSR count). The van der Waals surface area contributed by atoms with Crippen LogP contribution in [0.3, 0.4) is 0 Å². The molecule has 0 fully saturated rings. The van der Waals surface area contributed by atoms with Gasteiger partial charge in [0.15, 0.2) is 0 Å². The first-order chi connectivity index (χ1) is 9.04. The van der Waals surface area contributed by atoms with Crippen molar-refractivity contribution in [2.45, 2.75) is 31.8 Å². The zero-order valence-electron chi connectivity index (χ0n) is 10.7. The van der Waals surface area contributed by atoms with Gasteiger partial charge in [-0.2, -0.15) is 8.78 Å². The van der Waals surface area contributed by atoms with Crippen LogP contribution in [0.15, 0.2) is 29.3 Å². The van der Waals surface area contributed by atoms with Gasteiger partial charge in [0.1, 0.15) is 10.1 Å². The highest BCUT2D eigenvalue weighted by molar-refractivity contribution is 8.39. The average molecular weight is 303 g/mol. The average Bonchev–Trinajstić information content (AvgIpc) is 2.75. The lowest BCUT2D eigenvalue weighted by Crippen LogP contribution is -2.01. The fourth-order valence-electron chi connectivity index (χ4n) is 1.65. The Hall–Kier alpha value is -0.750. The second-order valence-corrected chi connectivity index (χ2v) is 6.86. The lowest BCUT2D eigenvalue weighted by atomic mass is 10.2. The maximum absolute atomic E-state index is 12.0. The van der Waals surface area contributed by atoms with Gasteiger partial charge in [-0.3, -0.25) is 4.99 Å². The van der Waals surface area contributed by atoms with Crippen molar-refractivity contribution >= 4 is 27.9 Å². The van der Waals surface area contributed by atoms with Crippen LogP contribution in [0, 0.1) is 0 Å². The highest BCUT2D eigenvalue weighted by Crippen LogP contribution is 2.36. The fraction of sp³-hybridized carbons (Fsp3) is 0.462. The van der Waals surface area contributed by atoms with Gasteiger partial charge in [0.2, 0.25) is 0 Å². The molecule has 1 aromatic rings. The predicted molar refractivity (Wildman–Crippen MR) is 78.4 cm³/mol. The molecule has 2 nitrogen and oxygen atoms in total. The van der Waals surface area contributed by atoms with E-state index in [0.29, 0.717) is 6.04 Å². The van der Waals surface area contributed by atoms with E-state index in [9.17, 15) is 8.78 Å². The Morgan fingerprint density at radius 2 is 2.05 bits per heavy atom. The molecule has 1 aliphatic heterocycles. The van der Waals surface area contributed by atoms with Gasteiger partial charge in [-0.15, -0.1) is 0 Å². The molecule has 0 bridgehead atoms. The van der Waals surface area contributed by atoms with E-state index in [1.165, 1.54) is 0 Å². The largest absolute Gasteiger partial charge is 0.435 e. The molecule has 0 spiro atoms. The molecule has 104 valence electrons. The molecule has 1 heterocycles. The molecule has 0 aromatic heterocycles. The number of rotatable bonds is 4. The Balaban J connectivity index is 1.95. The van der Waals surface area contributed by atoms with Gasteiger partial charge in [0, 0.05) is 11.0 Å². The summed E-state index contributed by atoms with van der Waals surface area (Å²) in [6.45, 7) is 1.41. The third-order valence-corrected chi connectivity index (χ3v) is 5.20. The molecule has 0 aliphatic carbocycles. The number of nitrogens with zero attached hydrogens (tertiary/aromatic N) is 1. The highest BCUT2D eigenvalue weighted by Gasteiger charge is 2.18. The number of ether oxygens (including phenoxy) is 1. The number of alkyl halides is 2. The van der Waals surface area contributed by atoms with E-state index < -0.39 is 6.61 Å². The number of hydrogen-bond donors (Lipinski definition) is 0. The molecule has 19 heavy (non-hydrogen) atoms. The number of hydrogen-bond acceptors (Lipinski definition) is 4. The monoisotopic (exact) mass is 303 g/mol. The molecule has 0 amide bonds. The summed E-state index contributed by atoms with van der Waals surface area (Å²) in [6, 6.07) is 7.18. The second-order valence-electron chi connectivity index (χ2n) is 4.26. The number of aliphatic imine (C=N–C) groups is 1. The van der Waals surface area contributed by atoms with E-state index >= 15 is 0 Å². The molecule has 1 aromatic carbocycles. The van der Waals surface area contributed by atoms with Crippen LogP contribution >= 0.6 is 23.5 Å². The van der Waals surface area contributed by atoms with Crippen molar-refractivity contribution in [2.75, 3.05) is 5.75 Å². The first-order valence-corrected chi connectivity index (χ1v) is 7.83. The summed E-state index contributed by atoms with van der Waals surface area (Å²) in [4.78, 5) is 4.53. The molecule has 2 atom stereocenters. The lowest BCUT2D eigenvalue weighted by Gasteiger charge is -2.12. The summed E-state index contributed by atoms with van der Waals surface area (Å²) in [5, 5.41) is 0.247. The minimum Gasteiger partial charge on any atom is -0.435 e. The first-order valence-electron chi connectivity index (χ1n) is 5.96. The Morgan fingerprint density at radius 1 is 1.37 bits per heavy atom. The molecular weight excluding hydrogens is 288 g/mol. The molecule has 0 unspecified atom stereocenters. The zero-order valence-corrected chi connectivity index (χ0v) is 12.3. The molecule has 6 heteroatoms. The van der Waals surface area contributed by atoms with Crippen molar-refractivity contribution in [1.29, 1.82) is 0 Å². The highest BCUT2D eigenvalue weighted by atomic mass is 32.2. The summed E-state index contributed by atoms with van der Waals surface area (Å²) < 4.78 is 29.5. The van der Waals surface area contributed by atoms with Crippen molar-refractivity contribution in [3.8, 4) is 5.75 Å². The number of benzene rings is 1. The Labute approximate surface area is 120 Å². The van der Waals surface area contributed by atoms with E-state index in [4.69, 9.17) is 0 Å². The smallest absolute Gasteiger partial charge is 0.387 e. The molecule has 0 saturated carbocycles. The third-order valence-electron chi connectivity index (χ3n) is 2.63. The van der Waals surface area contributed by atoms with Crippen LogP contribution in [-0.4, -0.2) is 22.8 Å². The number of thioether (sulfide) groups is 2. The van der Waals surface area contributed by atoms with Gasteiger partial charge in [0.25, 0.3) is 0 Å². The fourth-order valence-corrected chi connectivity index (χ4v) is 4.11. The Kier molecular flexibility index (Phi) is 5.10. The van der Waals surface area contributed by atoms with Crippen molar-refractivity contribution in [3.05, 3.63) is 29.8 Å². The molecule has 1 aliphatic rings. The van der Waals surface area contributed by atoms with Gasteiger partial charge in [0.05, 0.1) is 6.04 Å². The van der Waals surface area contributed by atoms with Crippen molar-refractivity contribution in [3.63, 3.8) is 0 Å². The van der Waals surface area contributed by atoms with Gasteiger partial charge < -0.3 is 4.74 Å². The van der Waals surface area contributed by atoms with Crippen LogP contribution in [-0.2, 0) is 0 Å². The quantitative estimate of drug-likeness (QED) is 0.813.